The normalized spacial score (nSPS) is 21.4. The second-order valence-electron chi connectivity index (χ2n) is 7.33. The molecule has 0 radical (unpaired) electrons. The van der Waals surface area contributed by atoms with Gasteiger partial charge < -0.3 is 10.6 Å². The molecule has 1 aromatic carbocycles. The van der Waals surface area contributed by atoms with Gasteiger partial charge in [-0.2, -0.15) is 0 Å². The van der Waals surface area contributed by atoms with Crippen LogP contribution in [-0.4, -0.2) is 23.8 Å². The summed E-state index contributed by atoms with van der Waals surface area (Å²) in [7, 11) is 1.81. The first-order valence-corrected chi connectivity index (χ1v) is 7.93. The molecule has 2 unspecified atom stereocenters. The van der Waals surface area contributed by atoms with Crippen molar-refractivity contribution in [2.45, 2.75) is 34.2 Å². The topological polar surface area (TPSA) is 63.4 Å². The average molecular weight is 314 g/mol. The van der Waals surface area contributed by atoms with Crippen molar-refractivity contribution < 1.29 is 9.59 Å². The Balaban J connectivity index is 2.08. The van der Waals surface area contributed by atoms with E-state index in [1.807, 2.05) is 13.1 Å². The molecular weight excluding hydrogens is 288 g/mol. The van der Waals surface area contributed by atoms with Crippen LogP contribution in [0.4, 0.5) is 0 Å². The summed E-state index contributed by atoms with van der Waals surface area (Å²) in [6.45, 7) is 8.89. The summed E-state index contributed by atoms with van der Waals surface area (Å²) in [6, 6.07) is 7.13. The largest absolute Gasteiger partial charge is 0.366 e. The van der Waals surface area contributed by atoms with E-state index < -0.39 is 5.91 Å². The molecule has 1 saturated carbocycles. The Kier molecular flexibility index (Phi) is 4.64. The van der Waals surface area contributed by atoms with E-state index in [1.54, 1.807) is 23.1 Å². The smallest absolute Gasteiger partial charge is 0.248 e. The molecule has 4 nitrogen and oxygen atoms in total. The van der Waals surface area contributed by atoms with Gasteiger partial charge in [-0.3, -0.25) is 9.59 Å². The van der Waals surface area contributed by atoms with Gasteiger partial charge in [-0.05, 0) is 42.9 Å². The van der Waals surface area contributed by atoms with Gasteiger partial charge in [0, 0.05) is 19.2 Å². The summed E-state index contributed by atoms with van der Waals surface area (Å²) in [6.07, 6.45) is 2.20. The summed E-state index contributed by atoms with van der Waals surface area (Å²) >= 11 is 0. The fraction of sp³-hybridized carbons (Fsp3) is 0.474. The van der Waals surface area contributed by atoms with Gasteiger partial charge in [-0.25, -0.2) is 0 Å². The first kappa shape index (κ1) is 17.3. The molecule has 4 heteroatoms. The summed E-state index contributed by atoms with van der Waals surface area (Å²) < 4.78 is 0. The number of amides is 2. The van der Waals surface area contributed by atoms with E-state index in [0.29, 0.717) is 18.0 Å². The van der Waals surface area contributed by atoms with Gasteiger partial charge in [0.1, 0.15) is 0 Å². The van der Waals surface area contributed by atoms with Crippen LogP contribution in [0.1, 0.15) is 43.6 Å². The highest BCUT2D eigenvalue weighted by Crippen LogP contribution is 2.60. The molecule has 124 valence electrons. The molecule has 0 heterocycles. The summed E-state index contributed by atoms with van der Waals surface area (Å²) in [4.78, 5) is 25.7. The Morgan fingerprint density at radius 1 is 1.30 bits per heavy atom. The number of primary amides is 1. The highest BCUT2D eigenvalue weighted by molar-refractivity contribution is 5.93. The molecule has 1 aromatic rings. The molecule has 1 aliphatic carbocycles. The third kappa shape index (κ3) is 3.63. The van der Waals surface area contributed by atoms with Crippen molar-refractivity contribution in [1.82, 2.24) is 4.90 Å². The van der Waals surface area contributed by atoms with Crippen LogP contribution in [0.15, 0.2) is 35.9 Å². The van der Waals surface area contributed by atoms with Gasteiger partial charge in [-0.1, -0.05) is 37.6 Å². The Morgan fingerprint density at radius 3 is 2.52 bits per heavy atom. The van der Waals surface area contributed by atoms with E-state index in [4.69, 9.17) is 5.73 Å². The number of nitrogens with two attached hydrogens (primary N) is 1. The lowest BCUT2D eigenvalue weighted by Crippen LogP contribution is -2.29. The van der Waals surface area contributed by atoms with Gasteiger partial charge in [0.25, 0.3) is 0 Å². The van der Waals surface area contributed by atoms with Gasteiger partial charge >= 0.3 is 0 Å². The molecule has 2 N–H and O–H groups in total. The van der Waals surface area contributed by atoms with Gasteiger partial charge in [-0.15, -0.1) is 0 Å². The standard InChI is InChI=1S/C19H26N2O2/c1-12(2)9-15-16(19(15,3)4)18(23)21(5)11-13-7-6-8-14(10-13)17(20)22/h6-10,15-16H,11H2,1-5H3,(H2,20,22). The van der Waals surface area contributed by atoms with Crippen molar-refractivity contribution in [3.05, 3.63) is 47.0 Å². The Morgan fingerprint density at radius 2 is 1.96 bits per heavy atom. The molecule has 2 rings (SSSR count). The number of nitrogens with zero attached hydrogens (tertiary/aromatic N) is 1. The third-order valence-electron chi connectivity index (χ3n) is 4.70. The fourth-order valence-electron chi connectivity index (χ4n) is 3.23. The molecule has 0 aromatic heterocycles. The monoisotopic (exact) mass is 314 g/mol. The number of carbonyl (C=O) groups is 2. The van der Waals surface area contributed by atoms with Crippen molar-refractivity contribution >= 4 is 11.8 Å². The maximum Gasteiger partial charge on any atom is 0.248 e. The quantitative estimate of drug-likeness (QED) is 0.849. The second kappa shape index (κ2) is 6.19. The molecule has 1 fully saturated rings. The minimum atomic E-state index is -0.451. The van der Waals surface area contributed by atoms with E-state index in [9.17, 15) is 9.59 Å². The van der Waals surface area contributed by atoms with Crippen LogP contribution in [0.2, 0.25) is 0 Å². The van der Waals surface area contributed by atoms with Gasteiger partial charge in [0.2, 0.25) is 11.8 Å². The Bertz CT molecular complexity index is 657. The van der Waals surface area contributed by atoms with E-state index in [1.165, 1.54) is 5.57 Å². The number of allylic oxidation sites excluding steroid dienone is 2. The van der Waals surface area contributed by atoms with E-state index in [2.05, 4.69) is 33.8 Å². The molecule has 0 bridgehead atoms. The highest BCUT2D eigenvalue weighted by Gasteiger charge is 2.60. The minimum Gasteiger partial charge on any atom is -0.366 e. The summed E-state index contributed by atoms with van der Waals surface area (Å²) in [5.41, 5.74) is 7.94. The summed E-state index contributed by atoms with van der Waals surface area (Å²) in [5.74, 6) is 0.0379. The zero-order valence-electron chi connectivity index (χ0n) is 14.6. The molecule has 2 atom stereocenters. The predicted octanol–water partition coefficient (Wildman–Crippen LogP) is 2.98. The van der Waals surface area contributed by atoms with Crippen LogP contribution in [-0.2, 0) is 11.3 Å². The lowest BCUT2D eigenvalue weighted by Gasteiger charge is -2.18. The lowest BCUT2D eigenvalue weighted by atomic mass is 10.1. The highest BCUT2D eigenvalue weighted by atomic mass is 16.2. The third-order valence-corrected chi connectivity index (χ3v) is 4.70. The Hall–Kier alpha value is -2.10. The molecule has 23 heavy (non-hydrogen) atoms. The first-order valence-electron chi connectivity index (χ1n) is 7.93. The number of benzene rings is 1. The van der Waals surface area contributed by atoms with Crippen molar-refractivity contribution in [2.24, 2.45) is 23.0 Å². The predicted molar refractivity (Wildman–Crippen MR) is 91.6 cm³/mol. The fourth-order valence-corrected chi connectivity index (χ4v) is 3.23. The number of rotatable bonds is 5. The molecule has 0 saturated heterocycles. The van der Waals surface area contributed by atoms with Crippen LogP contribution in [0.25, 0.3) is 0 Å². The molecule has 0 aliphatic heterocycles. The molecule has 0 spiro atoms. The molecule has 1 aliphatic rings. The second-order valence-corrected chi connectivity index (χ2v) is 7.33. The van der Waals surface area contributed by atoms with E-state index >= 15 is 0 Å². The maximum absolute atomic E-state index is 12.7. The van der Waals surface area contributed by atoms with Crippen molar-refractivity contribution in [3.63, 3.8) is 0 Å². The van der Waals surface area contributed by atoms with Crippen LogP contribution in [0.3, 0.4) is 0 Å². The van der Waals surface area contributed by atoms with Crippen LogP contribution in [0.5, 0.6) is 0 Å². The SMILES string of the molecule is CC(C)=CC1C(C(=O)N(C)Cc2cccc(C(N)=O)c2)C1(C)C. The number of hydrogen-bond acceptors (Lipinski definition) is 2. The van der Waals surface area contributed by atoms with E-state index in [-0.39, 0.29) is 17.2 Å². The zero-order valence-corrected chi connectivity index (χ0v) is 14.6. The van der Waals surface area contributed by atoms with Gasteiger partial charge in [0.05, 0.1) is 5.92 Å². The zero-order chi connectivity index (χ0) is 17.4. The average Bonchev–Trinajstić information content (AvgIpc) is 2.98. The van der Waals surface area contributed by atoms with Crippen LogP contribution in [0, 0.1) is 17.3 Å². The van der Waals surface area contributed by atoms with Gasteiger partial charge in [0.15, 0.2) is 0 Å². The summed E-state index contributed by atoms with van der Waals surface area (Å²) in [5, 5.41) is 0. The van der Waals surface area contributed by atoms with Crippen LogP contribution >= 0.6 is 0 Å². The lowest BCUT2D eigenvalue weighted by molar-refractivity contribution is -0.132. The molecule has 2 amide bonds. The molecular formula is C19H26N2O2. The van der Waals surface area contributed by atoms with Crippen molar-refractivity contribution in [3.8, 4) is 0 Å². The minimum absolute atomic E-state index is 0.0116. The van der Waals surface area contributed by atoms with Crippen molar-refractivity contribution in [2.75, 3.05) is 7.05 Å². The Labute approximate surface area is 138 Å². The van der Waals surface area contributed by atoms with Crippen LogP contribution < -0.4 is 5.73 Å². The van der Waals surface area contributed by atoms with Crippen molar-refractivity contribution in [1.29, 1.82) is 0 Å². The maximum atomic E-state index is 12.7. The number of hydrogen-bond donors (Lipinski definition) is 1. The number of carbonyl (C=O) groups excluding carboxylic acids is 2. The first-order chi connectivity index (χ1) is 10.6. The van der Waals surface area contributed by atoms with E-state index in [0.717, 1.165) is 5.56 Å².